The van der Waals surface area contributed by atoms with Gasteiger partial charge >= 0.3 is 0 Å². The molecule has 0 aliphatic heterocycles. The van der Waals surface area contributed by atoms with E-state index < -0.39 is 0 Å². The van der Waals surface area contributed by atoms with Crippen molar-refractivity contribution in [3.8, 4) is 6.01 Å². The van der Waals surface area contributed by atoms with Crippen LogP contribution >= 0.6 is 11.6 Å². The predicted molar refractivity (Wildman–Crippen MR) is 43.0 cm³/mol. The second-order valence-corrected chi connectivity index (χ2v) is 2.67. The van der Waals surface area contributed by atoms with Crippen LogP contribution in [0.25, 0.3) is 11.2 Å². The molecule has 0 radical (unpaired) electrons. The van der Waals surface area contributed by atoms with Gasteiger partial charge in [-0.25, -0.2) is 9.97 Å². The van der Waals surface area contributed by atoms with Gasteiger partial charge in [-0.3, -0.25) is 4.57 Å². The molecular formula is C6H5ClN4O. The van der Waals surface area contributed by atoms with Crippen molar-refractivity contribution in [1.82, 2.24) is 19.5 Å². The van der Waals surface area contributed by atoms with E-state index in [0.29, 0.717) is 11.2 Å². The van der Waals surface area contributed by atoms with Gasteiger partial charge in [0.25, 0.3) is 6.01 Å². The Morgan fingerprint density at radius 3 is 2.92 bits per heavy atom. The lowest BCUT2D eigenvalue weighted by molar-refractivity contribution is 0.415. The van der Waals surface area contributed by atoms with E-state index in [1.165, 1.54) is 10.9 Å². The molecule has 0 aliphatic rings. The summed E-state index contributed by atoms with van der Waals surface area (Å²) < 4.78 is 1.43. The Morgan fingerprint density at radius 2 is 2.25 bits per heavy atom. The van der Waals surface area contributed by atoms with Crippen LogP contribution in [0.1, 0.15) is 0 Å². The smallest absolute Gasteiger partial charge is 0.295 e. The molecule has 5 nitrogen and oxygen atoms in total. The summed E-state index contributed by atoms with van der Waals surface area (Å²) in [5, 5.41) is 9.44. The van der Waals surface area contributed by atoms with Gasteiger partial charge in [-0.2, -0.15) is 4.98 Å². The molecular weight excluding hydrogens is 180 g/mol. The summed E-state index contributed by atoms with van der Waals surface area (Å²) in [5.74, 6) is 0. The molecule has 0 bridgehead atoms. The van der Waals surface area contributed by atoms with Crippen LogP contribution in [-0.4, -0.2) is 24.6 Å². The molecule has 0 aliphatic carbocycles. The summed E-state index contributed by atoms with van der Waals surface area (Å²) in [6, 6.07) is -0.118. The molecule has 0 aromatic carbocycles. The van der Waals surface area contributed by atoms with E-state index in [9.17, 15) is 5.11 Å². The third-order valence-corrected chi connectivity index (χ3v) is 1.86. The van der Waals surface area contributed by atoms with Crippen LogP contribution in [0.2, 0.25) is 5.15 Å². The van der Waals surface area contributed by atoms with Gasteiger partial charge in [-0.1, -0.05) is 11.6 Å². The zero-order chi connectivity index (χ0) is 8.72. The van der Waals surface area contributed by atoms with Gasteiger partial charge in [0, 0.05) is 7.05 Å². The molecule has 0 spiro atoms. The Kier molecular flexibility index (Phi) is 1.41. The quantitative estimate of drug-likeness (QED) is 0.613. The maximum atomic E-state index is 9.19. The van der Waals surface area contributed by atoms with Crippen LogP contribution in [0.15, 0.2) is 6.33 Å². The topological polar surface area (TPSA) is 63.8 Å². The SMILES string of the molecule is Cn1c(O)nc2c(Cl)ncnc21. The van der Waals surface area contributed by atoms with Crippen molar-refractivity contribution >= 4 is 22.8 Å². The molecule has 12 heavy (non-hydrogen) atoms. The third-order valence-electron chi connectivity index (χ3n) is 1.59. The van der Waals surface area contributed by atoms with Crippen molar-refractivity contribution in [2.75, 3.05) is 0 Å². The largest absolute Gasteiger partial charge is 0.480 e. The summed E-state index contributed by atoms with van der Waals surface area (Å²) in [5.41, 5.74) is 0.937. The number of aromatic nitrogens is 4. The molecule has 0 fully saturated rings. The van der Waals surface area contributed by atoms with Crippen molar-refractivity contribution in [3.63, 3.8) is 0 Å². The zero-order valence-electron chi connectivity index (χ0n) is 6.19. The number of imidazole rings is 1. The highest BCUT2D eigenvalue weighted by molar-refractivity contribution is 6.33. The van der Waals surface area contributed by atoms with Gasteiger partial charge < -0.3 is 5.11 Å². The van der Waals surface area contributed by atoms with Gasteiger partial charge in [-0.05, 0) is 0 Å². The molecule has 6 heteroatoms. The number of hydrogen-bond acceptors (Lipinski definition) is 4. The minimum absolute atomic E-state index is 0.118. The Balaban J connectivity index is 2.95. The molecule has 0 atom stereocenters. The first kappa shape index (κ1) is 7.30. The van der Waals surface area contributed by atoms with Crippen molar-refractivity contribution in [2.24, 2.45) is 7.05 Å². The summed E-state index contributed by atoms with van der Waals surface area (Å²) in [6.07, 6.45) is 1.33. The van der Waals surface area contributed by atoms with E-state index in [4.69, 9.17) is 11.6 Å². The number of aryl methyl sites for hydroxylation is 1. The standard InChI is InChI=1S/C6H5ClN4O/c1-11-5-3(10-6(11)12)4(7)8-2-9-5/h2H,1H3,(H,10,12). The number of rotatable bonds is 0. The van der Waals surface area contributed by atoms with Crippen LogP contribution in [0.5, 0.6) is 6.01 Å². The van der Waals surface area contributed by atoms with Crippen LogP contribution in [0.4, 0.5) is 0 Å². The zero-order valence-corrected chi connectivity index (χ0v) is 6.95. The molecule has 2 aromatic rings. The lowest BCUT2D eigenvalue weighted by Gasteiger charge is -1.92. The fourth-order valence-corrected chi connectivity index (χ4v) is 1.13. The van der Waals surface area contributed by atoms with Gasteiger partial charge in [0.15, 0.2) is 10.8 Å². The van der Waals surface area contributed by atoms with Gasteiger partial charge in [0.2, 0.25) is 0 Å². The van der Waals surface area contributed by atoms with Crippen LogP contribution in [0, 0.1) is 0 Å². The lowest BCUT2D eigenvalue weighted by atomic mass is 10.6. The van der Waals surface area contributed by atoms with Gasteiger partial charge in [0.1, 0.15) is 11.8 Å². The fourth-order valence-electron chi connectivity index (χ4n) is 0.960. The third kappa shape index (κ3) is 0.831. The Hall–Kier alpha value is -1.36. The molecule has 0 unspecified atom stereocenters. The van der Waals surface area contributed by atoms with Crippen molar-refractivity contribution in [1.29, 1.82) is 0 Å². The highest BCUT2D eigenvalue weighted by Crippen LogP contribution is 2.21. The second-order valence-electron chi connectivity index (χ2n) is 2.31. The monoisotopic (exact) mass is 184 g/mol. The van der Waals surface area contributed by atoms with E-state index in [-0.39, 0.29) is 11.2 Å². The van der Waals surface area contributed by atoms with E-state index >= 15 is 0 Å². The first-order chi connectivity index (χ1) is 5.70. The van der Waals surface area contributed by atoms with E-state index in [1.54, 1.807) is 7.05 Å². The molecule has 0 amide bonds. The number of fused-ring (bicyclic) bond motifs is 1. The van der Waals surface area contributed by atoms with Crippen molar-refractivity contribution in [2.45, 2.75) is 0 Å². The summed E-state index contributed by atoms with van der Waals surface area (Å²) in [7, 11) is 1.65. The number of nitrogens with zero attached hydrogens (tertiary/aromatic N) is 4. The lowest BCUT2D eigenvalue weighted by Crippen LogP contribution is -1.89. The number of hydrogen-bond donors (Lipinski definition) is 1. The van der Waals surface area contributed by atoms with E-state index in [0.717, 1.165) is 0 Å². The summed E-state index contributed by atoms with van der Waals surface area (Å²) >= 11 is 5.70. The van der Waals surface area contributed by atoms with Crippen LogP contribution in [0.3, 0.4) is 0 Å². The normalized spacial score (nSPS) is 10.8. The Bertz CT molecular complexity index is 438. The molecule has 1 N–H and O–H groups in total. The van der Waals surface area contributed by atoms with E-state index in [2.05, 4.69) is 15.0 Å². The first-order valence-electron chi connectivity index (χ1n) is 3.22. The van der Waals surface area contributed by atoms with Crippen molar-refractivity contribution < 1.29 is 5.11 Å². The fraction of sp³-hybridized carbons (Fsp3) is 0.167. The number of aromatic hydroxyl groups is 1. The molecule has 2 heterocycles. The van der Waals surface area contributed by atoms with Crippen molar-refractivity contribution in [3.05, 3.63) is 11.5 Å². The summed E-state index contributed by atoms with van der Waals surface area (Å²) in [4.78, 5) is 11.4. The Morgan fingerprint density at radius 1 is 1.50 bits per heavy atom. The van der Waals surface area contributed by atoms with Crippen LogP contribution in [-0.2, 0) is 7.05 Å². The first-order valence-corrected chi connectivity index (χ1v) is 3.60. The number of halogens is 1. The maximum absolute atomic E-state index is 9.19. The second kappa shape index (κ2) is 2.31. The average molecular weight is 185 g/mol. The molecule has 62 valence electrons. The molecule has 0 saturated heterocycles. The minimum Gasteiger partial charge on any atom is -0.480 e. The Labute approximate surface area is 72.7 Å². The molecule has 2 rings (SSSR count). The van der Waals surface area contributed by atoms with E-state index in [1.807, 2.05) is 0 Å². The highest BCUT2D eigenvalue weighted by atomic mass is 35.5. The average Bonchev–Trinajstić information content (AvgIpc) is 2.32. The maximum Gasteiger partial charge on any atom is 0.295 e. The van der Waals surface area contributed by atoms with Gasteiger partial charge in [0.05, 0.1) is 0 Å². The van der Waals surface area contributed by atoms with Gasteiger partial charge in [-0.15, -0.1) is 0 Å². The highest BCUT2D eigenvalue weighted by Gasteiger charge is 2.10. The summed E-state index contributed by atoms with van der Waals surface area (Å²) in [6.45, 7) is 0. The molecule has 0 saturated carbocycles. The predicted octanol–water partition coefficient (Wildman–Crippen LogP) is 0.722. The minimum atomic E-state index is -0.118. The van der Waals surface area contributed by atoms with Crippen LogP contribution < -0.4 is 0 Å². The molecule has 2 aromatic heterocycles.